The number of likely N-dealkylation sites (tertiary alicyclic amines) is 1. The molecule has 0 saturated carbocycles. The summed E-state index contributed by atoms with van der Waals surface area (Å²) >= 11 is 0. The van der Waals surface area contributed by atoms with Gasteiger partial charge < -0.3 is 19.1 Å². The highest BCUT2D eigenvalue weighted by atomic mass is 16.5. The monoisotopic (exact) mass is 491 g/mol. The maximum atomic E-state index is 13.4. The van der Waals surface area contributed by atoms with Gasteiger partial charge in [-0.2, -0.15) is 0 Å². The molecule has 1 heterocycles. The lowest BCUT2D eigenvalue weighted by molar-refractivity contribution is -0.153. The van der Waals surface area contributed by atoms with Crippen LogP contribution in [-0.4, -0.2) is 55.0 Å². The van der Waals surface area contributed by atoms with Gasteiger partial charge in [-0.15, -0.1) is 6.58 Å². The summed E-state index contributed by atoms with van der Waals surface area (Å²) in [5.74, 6) is -1.29. The highest BCUT2D eigenvalue weighted by Crippen LogP contribution is 2.27. The topological polar surface area (TPSA) is 82.1 Å². The molecule has 2 aromatic rings. The van der Waals surface area contributed by atoms with Crippen molar-refractivity contribution in [1.82, 2.24) is 4.90 Å². The highest BCUT2D eigenvalue weighted by molar-refractivity contribution is 6.00. The van der Waals surface area contributed by atoms with E-state index in [9.17, 15) is 14.4 Å². The SMILES string of the molecule is C=CCOC[C@H](CC(=O)[C@@H]1CCCN1C(=O)c1ccccc1OCC=C)C(=O)OCc1ccccc1. The Morgan fingerprint density at radius 1 is 1.00 bits per heavy atom. The van der Waals surface area contributed by atoms with Crippen molar-refractivity contribution in [3.63, 3.8) is 0 Å². The number of ether oxygens (including phenoxy) is 3. The molecular weight excluding hydrogens is 458 g/mol. The van der Waals surface area contributed by atoms with Gasteiger partial charge in [0.05, 0.1) is 30.7 Å². The van der Waals surface area contributed by atoms with E-state index >= 15 is 0 Å². The summed E-state index contributed by atoms with van der Waals surface area (Å²) in [5.41, 5.74) is 1.25. The fourth-order valence-corrected chi connectivity index (χ4v) is 4.15. The first-order chi connectivity index (χ1) is 17.5. The molecule has 1 aliphatic heterocycles. The molecular formula is C29H33NO6. The number of hydrogen-bond donors (Lipinski definition) is 0. The first-order valence-electron chi connectivity index (χ1n) is 12.1. The Kier molecular flexibility index (Phi) is 10.5. The summed E-state index contributed by atoms with van der Waals surface area (Å²) in [4.78, 5) is 41.2. The summed E-state index contributed by atoms with van der Waals surface area (Å²) in [7, 11) is 0. The minimum Gasteiger partial charge on any atom is -0.489 e. The van der Waals surface area contributed by atoms with Crippen molar-refractivity contribution in [3.05, 3.63) is 91.0 Å². The second kappa shape index (κ2) is 14.0. The maximum absolute atomic E-state index is 13.4. The van der Waals surface area contributed by atoms with Crippen molar-refractivity contribution in [2.75, 3.05) is 26.4 Å². The van der Waals surface area contributed by atoms with Gasteiger partial charge in [0.1, 0.15) is 19.0 Å². The molecule has 1 saturated heterocycles. The van der Waals surface area contributed by atoms with Crippen LogP contribution in [0.5, 0.6) is 5.75 Å². The first kappa shape index (κ1) is 26.9. The van der Waals surface area contributed by atoms with E-state index in [0.29, 0.717) is 30.7 Å². The number of benzene rings is 2. The van der Waals surface area contributed by atoms with Crippen LogP contribution >= 0.6 is 0 Å². The van der Waals surface area contributed by atoms with Gasteiger partial charge in [0, 0.05) is 13.0 Å². The summed E-state index contributed by atoms with van der Waals surface area (Å²) in [6.07, 6.45) is 4.35. The Balaban J connectivity index is 1.69. The molecule has 0 radical (unpaired) electrons. The second-order valence-corrected chi connectivity index (χ2v) is 8.54. The standard InChI is InChI=1S/C29H33NO6/c1-3-17-34-21-23(29(33)36-20-22-11-6-5-7-12-22)19-26(31)25-14-10-16-30(25)28(32)24-13-8-9-15-27(24)35-18-4-2/h3-9,11-13,15,23,25H,1-2,10,14,16-21H2/t23-,25-/m0/s1. The lowest BCUT2D eigenvalue weighted by Gasteiger charge is -2.26. The maximum Gasteiger partial charge on any atom is 0.312 e. The van der Waals surface area contributed by atoms with Gasteiger partial charge in [0.2, 0.25) is 0 Å². The van der Waals surface area contributed by atoms with Crippen LogP contribution in [0.1, 0.15) is 35.2 Å². The fourth-order valence-electron chi connectivity index (χ4n) is 4.15. The molecule has 2 aromatic carbocycles. The molecule has 7 heteroatoms. The number of esters is 1. The first-order valence-corrected chi connectivity index (χ1v) is 12.1. The molecule has 0 bridgehead atoms. The molecule has 3 rings (SSSR count). The molecule has 190 valence electrons. The van der Waals surface area contributed by atoms with E-state index in [2.05, 4.69) is 13.2 Å². The Hall–Kier alpha value is -3.71. The quantitative estimate of drug-likeness (QED) is 0.222. The van der Waals surface area contributed by atoms with Crippen molar-refractivity contribution in [1.29, 1.82) is 0 Å². The van der Waals surface area contributed by atoms with Gasteiger partial charge >= 0.3 is 5.97 Å². The van der Waals surface area contributed by atoms with Crippen LogP contribution in [0.15, 0.2) is 79.9 Å². The number of amides is 1. The predicted molar refractivity (Wildman–Crippen MR) is 137 cm³/mol. The van der Waals surface area contributed by atoms with Crippen LogP contribution in [-0.2, 0) is 25.7 Å². The molecule has 0 spiro atoms. The smallest absolute Gasteiger partial charge is 0.312 e. The van der Waals surface area contributed by atoms with Crippen molar-refractivity contribution in [2.24, 2.45) is 5.92 Å². The number of Topliss-reactive ketones (excluding diaryl/α,β-unsaturated/α-hetero) is 1. The zero-order valence-electron chi connectivity index (χ0n) is 20.5. The third-order valence-corrected chi connectivity index (χ3v) is 5.92. The molecule has 1 fully saturated rings. The number of carbonyl (C=O) groups excluding carboxylic acids is 3. The normalized spacial score (nSPS) is 15.7. The number of rotatable bonds is 14. The van der Waals surface area contributed by atoms with E-state index < -0.39 is 17.9 Å². The van der Waals surface area contributed by atoms with Gasteiger partial charge in [0.25, 0.3) is 5.91 Å². The lowest BCUT2D eigenvalue weighted by Crippen LogP contribution is -2.42. The van der Waals surface area contributed by atoms with E-state index in [1.54, 1.807) is 41.3 Å². The van der Waals surface area contributed by atoms with Crippen LogP contribution < -0.4 is 4.74 Å². The van der Waals surface area contributed by atoms with E-state index in [0.717, 1.165) is 5.56 Å². The molecule has 0 aliphatic carbocycles. The number of ketones is 1. The van der Waals surface area contributed by atoms with Crippen LogP contribution in [0, 0.1) is 5.92 Å². The molecule has 2 atom stereocenters. The average Bonchev–Trinajstić information content (AvgIpc) is 3.40. The van der Waals surface area contributed by atoms with E-state index in [-0.39, 0.29) is 44.5 Å². The Bertz CT molecular complexity index is 1050. The van der Waals surface area contributed by atoms with Crippen molar-refractivity contribution in [2.45, 2.75) is 31.9 Å². The average molecular weight is 492 g/mol. The summed E-state index contributed by atoms with van der Waals surface area (Å²) in [6, 6.07) is 15.7. The lowest BCUT2D eigenvalue weighted by atomic mass is 9.97. The minimum atomic E-state index is -0.776. The zero-order valence-corrected chi connectivity index (χ0v) is 20.5. The third-order valence-electron chi connectivity index (χ3n) is 5.92. The number of carbonyl (C=O) groups is 3. The van der Waals surface area contributed by atoms with Gasteiger partial charge in [-0.05, 0) is 30.5 Å². The van der Waals surface area contributed by atoms with Crippen molar-refractivity contribution >= 4 is 17.7 Å². The van der Waals surface area contributed by atoms with Gasteiger partial charge in [-0.1, -0.05) is 61.2 Å². The molecule has 1 amide bonds. The fraction of sp³-hybridized carbons (Fsp3) is 0.345. The van der Waals surface area contributed by atoms with Crippen LogP contribution in [0.2, 0.25) is 0 Å². The van der Waals surface area contributed by atoms with E-state index in [4.69, 9.17) is 14.2 Å². The molecule has 1 aliphatic rings. The number of para-hydroxylation sites is 1. The third kappa shape index (κ3) is 7.39. The zero-order chi connectivity index (χ0) is 25.8. The molecule has 0 unspecified atom stereocenters. The molecule has 0 aromatic heterocycles. The number of nitrogens with zero attached hydrogens (tertiary/aromatic N) is 1. The largest absolute Gasteiger partial charge is 0.489 e. The minimum absolute atomic E-state index is 0.0320. The Labute approximate surface area is 212 Å². The van der Waals surface area contributed by atoms with E-state index in [1.165, 1.54) is 0 Å². The van der Waals surface area contributed by atoms with Crippen LogP contribution in [0.25, 0.3) is 0 Å². The molecule has 36 heavy (non-hydrogen) atoms. The molecule has 7 nitrogen and oxygen atoms in total. The van der Waals surface area contributed by atoms with Gasteiger partial charge in [0.15, 0.2) is 5.78 Å². The summed E-state index contributed by atoms with van der Waals surface area (Å²) in [5, 5.41) is 0. The van der Waals surface area contributed by atoms with Crippen LogP contribution in [0.3, 0.4) is 0 Å². The number of hydrogen-bond acceptors (Lipinski definition) is 6. The summed E-state index contributed by atoms with van der Waals surface area (Å²) in [6.45, 7) is 8.39. The van der Waals surface area contributed by atoms with Crippen molar-refractivity contribution in [3.8, 4) is 5.75 Å². The predicted octanol–water partition coefficient (Wildman–Crippen LogP) is 4.38. The van der Waals surface area contributed by atoms with Crippen LogP contribution in [0.4, 0.5) is 0 Å². The molecule has 0 N–H and O–H groups in total. The van der Waals surface area contributed by atoms with E-state index in [1.807, 2.05) is 30.3 Å². The Morgan fingerprint density at radius 3 is 2.47 bits per heavy atom. The Morgan fingerprint density at radius 2 is 1.72 bits per heavy atom. The highest BCUT2D eigenvalue weighted by Gasteiger charge is 2.37. The van der Waals surface area contributed by atoms with Gasteiger partial charge in [-0.3, -0.25) is 14.4 Å². The second-order valence-electron chi connectivity index (χ2n) is 8.54. The summed E-state index contributed by atoms with van der Waals surface area (Å²) < 4.78 is 16.6. The van der Waals surface area contributed by atoms with Gasteiger partial charge in [-0.25, -0.2) is 0 Å². The van der Waals surface area contributed by atoms with Crippen molar-refractivity contribution < 1.29 is 28.6 Å².